The second-order valence-electron chi connectivity index (χ2n) is 5.34. The summed E-state index contributed by atoms with van der Waals surface area (Å²) < 4.78 is 4.76. The zero-order valence-electron chi connectivity index (χ0n) is 11.9. The Bertz CT molecular complexity index is 489. The Morgan fingerprint density at radius 1 is 1.50 bits per heavy atom. The number of hydrogen-bond acceptors (Lipinski definition) is 4. The summed E-state index contributed by atoms with van der Waals surface area (Å²) >= 11 is 8.04. The molecule has 1 aromatic rings. The first kappa shape index (κ1) is 15.7. The van der Waals surface area contributed by atoms with E-state index in [0.717, 1.165) is 35.1 Å². The number of carbonyl (C=O) groups excluding carboxylic acids is 1. The summed E-state index contributed by atoms with van der Waals surface area (Å²) in [4.78, 5) is 12.5. The highest BCUT2D eigenvalue weighted by atomic mass is 35.5. The molecule has 1 fully saturated rings. The molecule has 1 aromatic carbocycles. The van der Waals surface area contributed by atoms with Crippen molar-refractivity contribution >= 4 is 29.3 Å². The van der Waals surface area contributed by atoms with Gasteiger partial charge in [0.2, 0.25) is 0 Å². The molecular weight excluding hydrogens is 294 g/mol. The number of methoxy groups -OCH3 is 1. The van der Waals surface area contributed by atoms with Gasteiger partial charge in [0.1, 0.15) is 0 Å². The van der Waals surface area contributed by atoms with Crippen molar-refractivity contribution in [2.24, 2.45) is 5.41 Å². The lowest BCUT2D eigenvalue weighted by molar-refractivity contribution is -0.141. The number of ether oxygens (including phenoxy) is 1. The van der Waals surface area contributed by atoms with Gasteiger partial charge in [-0.25, -0.2) is 0 Å². The Balaban J connectivity index is 1.92. The van der Waals surface area contributed by atoms with Crippen LogP contribution in [0.3, 0.4) is 0 Å². The molecule has 0 amide bonds. The van der Waals surface area contributed by atoms with Crippen molar-refractivity contribution < 1.29 is 9.53 Å². The summed E-state index contributed by atoms with van der Waals surface area (Å²) in [7, 11) is 3.36. The van der Waals surface area contributed by atoms with Crippen molar-refractivity contribution in [3.8, 4) is 0 Å². The molecule has 1 aliphatic carbocycles. The van der Waals surface area contributed by atoms with Crippen molar-refractivity contribution in [1.82, 2.24) is 5.32 Å². The molecule has 1 aliphatic rings. The van der Waals surface area contributed by atoms with Crippen LogP contribution in [0.1, 0.15) is 24.8 Å². The van der Waals surface area contributed by atoms with Crippen LogP contribution in [0.5, 0.6) is 0 Å². The standard InChI is InChI=1S/C15H20ClNO2S/c1-17-9-11-3-4-13(12(16)7-11)20-10-15(5-6-15)8-14(18)19-2/h3-4,7,17H,5-6,8-10H2,1-2H3. The Hall–Kier alpha value is -0.710. The van der Waals surface area contributed by atoms with E-state index in [-0.39, 0.29) is 11.4 Å². The fraction of sp³-hybridized carbons (Fsp3) is 0.533. The van der Waals surface area contributed by atoms with Gasteiger partial charge in [-0.2, -0.15) is 0 Å². The zero-order chi connectivity index (χ0) is 14.6. The van der Waals surface area contributed by atoms with E-state index in [9.17, 15) is 4.79 Å². The number of esters is 1. The van der Waals surface area contributed by atoms with Crippen LogP contribution in [0.4, 0.5) is 0 Å². The minimum absolute atomic E-state index is 0.112. The van der Waals surface area contributed by atoms with Crippen LogP contribution in [0.15, 0.2) is 23.1 Å². The maximum atomic E-state index is 11.4. The SMILES string of the molecule is CNCc1ccc(SCC2(CC(=O)OC)CC2)c(Cl)c1. The summed E-state index contributed by atoms with van der Waals surface area (Å²) in [6.45, 7) is 0.816. The minimum atomic E-state index is -0.112. The quantitative estimate of drug-likeness (QED) is 0.617. The Kier molecular flexibility index (Phi) is 5.35. The van der Waals surface area contributed by atoms with Crippen molar-refractivity contribution in [3.63, 3.8) is 0 Å². The van der Waals surface area contributed by atoms with E-state index in [4.69, 9.17) is 16.3 Å². The average Bonchev–Trinajstić information content (AvgIpc) is 3.18. The van der Waals surface area contributed by atoms with Crippen LogP contribution in [-0.2, 0) is 16.1 Å². The van der Waals surface area contributed by atoms with Crippen LogP contribution in [0, 0.1) is 5.41 Å². The molecule has 0 bridgehead atoms. The highest BCUT2D eigenvalue weighted by Gasteiger charge is 2.44. The van der Waals surface area contributed by atoms with Gasteiger partial charge in [0, 0.05) is 17.2 Å². The lowest BCUT2D eigenvalue weighted by Gasteiger charge is -2.14. The van der Waals surface area contributed by atoms with Crippen molar-refractivity contribution in [2.75, 3.05) is 19.9 Å². The Morgan fingerprint density at radius 3 is 2.80 bits per heavy atom. The van der Waals surface area contributed by atoms with E-state index >= 15 is 0 Å². The van der Waals surface area contributed by atoms with Crippen LogP contribution < -0.4 is 5.32 Å². The van der Waals surface area contributed by atoms with E-state index in [2.05, 4.69) is 17.4 Å². The van der Waals surface area contributed by atoms with Crippen molar-refractivity contribution in [3.05, 3.63) is 28.8 Å². The number of rotatable bonds is 7. The van der Waals surface area contributed by atoms with Gasteiger partial charge in [0.05, 0.1) is 18.6 Å². The van der Waals surface area contributed by atoms with Gasteiger partial charge in [-0.05, 0) is 43.0 Å². The molecule has 5 heteroatoms. The minimum Gasteiger partial charge on any atom is -0.469 e. The number of thioether (sulfide) groups is 1. The molecule has 0 unspecified atom stereocenters. The van der Waals surface area contributed by atoms with Gasteiger partial charge in [0.25, 0.3) is 0 Å². The number of halogens is 1. The van der Waals surface area contributed by atoms with Crippen LogP contribution in [0.25, 0.3) is 0 Å². The summed E-state index contributed by atoms with van der Waals surface area (Å²) in [5.74, 6) is 0.811. The predicted molar refractivity (Wildman–Crippen MR) is 83.2 cm³/mol. The molecule has 2 rings (SSSR count). The van der Waals surface area contributed by atoms with E-state index < -0.39 is 0 Å². The van der Waals surface area contributed by atoms with Crippen molar-refractivity contribution in [2.45, 2.75) is 30.7 Å². The molecule has 0 heterocycles. The second-order valence-corrected chi connectivity index (χ2v) is 6.76. The summed E-state index contributed by atoms with van der Waals surface area (Å²) in [6, 6.07) is 6.15. The number of benzene rings is 1. The van der Waals surface area contributed by atoms with E-state index in [1.807, 2.05) is 13.1 Å². The van der Waals surface area contributed by atoms with Gasteiger partial charge in [0.15, 0.2) is 0 Å². The van der Waals surface area contributed by atoms with Gasteiger partial charge < -0.3 is 10.1 Å². The molecule has 0 saturated heterocycles. The van der Waals surface area contributed by atoms with Crippen molar-refractivity contribution in [1.29, 1.82) is 0 Å². The smallest absolute Gasteiger partial charge is 0.306 e. The molecule has 1 N–H and O–H groups in total. The summed E-state index contributed by atoms with van der Waals surface area (Å²) in [5.41, 5.74) is 1.31. The molecule has 3 nitrogen and oxygen atoms in total. The number of nitrogens with one attached hydrogen (secondary N) is 1. The second kappa shape index (κ2) is 6.83. The van der Waals surface area contributed by atoms with E-state index in [1.165, 1.54) is 12.7 Å². The highest BCUT2D eigenvalue weighted by Crippen LogP contribution is 2.52. The Morgan fingerprint density at radius 2 is 2.25 bits per heavy atom. The third-order valence-electron chi connectivity index (χ3n) is 3.62. The van der Waals surface area contributed by atoms with Gasteiger partial charge >= 0.3 is 5.97 Å². The Labute approximate surface area is 129 Å². The summed E-state index contributed by atoms with van der Waals surface area (Å²) in [6.07, 6.45) is 2.72. The third-order valence-corrected chi connectivity index (χ3v) is 5.46. The number of hydrogen-bond donors (Lipinski definition) is 1. The monoisotopic (exact) mass is 313 g/mol. The molecule has 20 heavy (non-hydrogen) atoms. The third kappa shape index (κ3) is 4.14. The molecule has 0 atom stereocenters. The molecular formula is C15H20ClNO2S. The van der Waals surface area contributed by atoms with Crippen LogP contribution >= 0.6 is 23.4 Å². The topological polar surface area (TPSA) is 38.3 Å². The first-order valence-corrected chi connectivity index (χ1v) is 8.07. The van der Waals surface area contributed by atoms with E-state index in [1.54, 1.807) is 11.8 Å². The van der Waals surface area contributed by atoms with Gasteiger partial charge in [-0.3, -0.25) is 4.79 Å². The fourth-order valence-electron chi connectivity index (χ4n) is 2.13. The molecule has 0 radical (unpaired) electrons. The molecule has 110 valence electrons. The highest BCUT2D eigenvalue weighted by molar-refractivity contribution is 7.99. The largest absolute Gasteiger partial charge is 0.469 e. The first-order chi connectivity index (χ1) is 9.58. The molecule has 0 spiro atoms. The first-order valence-electron chi connectivity index (χ1n) is 6.71. The summed E-state index contributed by atoms with van der Waals surface area (Å²) in [5, 5.41) is 3.90. The van der Waals surface area contributed by atoms with Crippen LogP contribution in [-0.4, -0.2) is 25.9 Å². The molecule has 0 aliphatic heterocycles. The zero-order valence-corrected chi connectivity index (χ0v) is 13.4. The fourth-order valence-corrected chi connectivity index (χ4v) is 3.71. The van der Waals surface area contributed by atoms with E-state index in [0.29, 0.717) is 6.42 Å². The lowest BCUT2D eigenvalue weighted by Crippen LogP contribution is -2.13. The average molecular weight is 314 g/mol. The predicted octanol–water partition coefficient (Wildman–Crippen LogP) is 3.49. The number of carbonyl (C=O) groups is 1. The normalized spacial score (nSPS) is 15.9. The maximum absolute atomic E-state index is 11.4. The van der Waals surface area contributed by atoms with Gasteiger partial charge in [-0.1, -0.05) is 17.7 Å². The van der Waals surface area contributed by atoms with Crippen LogP contribution in [0.2, 0.25) is 5.02 Å². The maximum Gasteiger partial charge on any atom is 0.306 e. The molecule has 1 saturated carbocycles. The van der Waals surface area contributed by atoms with Gasteiger partial charge in [-0.15, -0.1) is 11.8 Å². The molecule has 0 aromatic heterocycles. The lowest BCUT2D eigenvalue weighted by atomic mass is 10.1.